The zero-order chi connectivity index (χ0) is 11.4. The zero-order valence-corrected chi connectivity index (χ0v) is 12.0. The molecule has 0 amide bonds. The highest BCUT2D eigenvalue weighted by Gasteiger charge is 2.29. The van der Waals surface area contributed by atoms with Crippen LogP contribution in [0.1, 0.15) is 18.9 Å². The second-order valence-corrected chi connectivity index (χ2v) is 7.57. The SMILES string of the molecule is CCC1SCCSC1C(N)Cc1ccsc1. The Kier molecular flexibility index (Phi) is 5.07. The summed E-state index contributed by atoms with van der Waals surface area (Å²) in [4.78, 5) is 0. The maximum absolute atomic E-state index is 6.38. The summed E-state index contributed by atoms with van der Waals surface area (Å²) in [5.41, 5.74) is 7.78. The molecule has 16 heavy (non-hydrogen) atoms. The van der Waals surface area contributed by atoms with Crippen molar-refractivity contribution >= 4 is 34.9 Å². The van der Waals surface area contributed by atoms with Crippen molar-refractivity contribution in [3.8, 4) is 0 Å². The second kappa shape index (κ2) is 6.34. The lowest BCUT2D eigenvalue weighted by molar-refractivity contribution is 0.598. The van der Waals surface area contributed by atoms with E-state index in [0.717, 1.165) is 11.7 Å². The number of thiophene rings is 1. The van der Waals surface area contributed by atoms with Crippen LogP contribution < -0.4 is 5.73 Å². The van der Waals surface area contributed by atoms with Crippen LogP contribution in [-0.4, -0.2) is 28.0 Å². The van der Waals surface area contributed by atoms with Gasteiger partial charge >= 0.3 is 0 Å². The average Bonchev–Trinajstić information content (AvgIpc) is 2.81. The molecule has 1 aliphatic rings. The number of rotatable bonds is 4. The van der Waals surface area contributed by atoms with Crippen molar-refractivity contribution in [1.29, 1.82) is 0 Å². The highest BCUT2D eigenvalue weighted by atomic mass is 32.2. The minimum Gasteiger partial charge on any atom is -0.326 e. The third kappa shape index (κ3) is 3.19. The first kappa shape index (κ1) is 12.8. The van der Waals surface area contributed by atoms with E-state index in [4.69, 9.17) is 5.73 Å². The molecule has 1 fully saturated rings. The molecule has 0 aliphatic carbocycles. The molecule has 2 heterocycles. The van der Waals surface area contributed by atoms with Gasteiger partial charge in [-0.15, -0.1) is 0 Å². The number of nitrogens with two attached hydrogens (primary N) is 1. The van der Waals surface area contributed by atoms with Crippen LogP contribution in [0.4, 0.5) is 0 Å². The van der Waals surface area contributed by atoms with E-state index in [1.807, 2.05) is 0 Å². The van der Waals surface area contributed by atoms with Crippen molar-refractivity contribution in [2.45, 2.75) is 36.3 Å². The minimum atomic E-state index is 0.317. The quantitative estimate of drug-likeness (QED) is 0.912. The maximum atomic E-state index is 6.38. The summed E-state index contributed by atoms with van der Waals surface area (Å²) >= 11 is 5.96. The molecule has 0 spiro atoms. The van der Waals surface area contributed by atoms with Gasteiger partial charge in [-0.2, -0.15) is 34.9 Å². The summed E-state index contributed by atoms with van der Waals surface area (Å²) in [6.07, 6.45) is 2.29. The van der Waals surface area contributed by atoms with Crippen molar-refractivity contribution in [2.24, 2.45) is 5.73 Å². The smallest absolute Gasteiger partial charge is 0.0321 e. The van der Waals surface area contributed by atoms with Crippen LogP contribution in [0.15, 0.2) is 16.8 Å². The van der Waals surface area contributed by atoms with E-state index in [-0.39, 0.29) is 0 Å². The molecule has 0 bridgehead atoms. The molecule has 2 N–H and O–H groups in total. The molecule has 0 radical (unpaired) electrons. The van der Waals surface area contributed by atoms with Gasteiger partial charge in [-0.3, -0.25) is 0 Å². The minimum absolute atomic E-state index is 0.317. The molecule has 2 rings (SSSR count). The Labute approximate surface area is 111 Å². The molecule has 1 nitrogen and oxygen atoms in total. The summed E-state index contributed by atoms with van der Waals surface area (Å²) in [7, 11) is 0. The van der Waals surface area contributed by atoms with Crippen molar-refractivity contribution in [2.75, 3.05) is 11.5 Å². The highest BCUT2D eigenvalue weighted by molar-refractivity contribution is 8.07. The number of thioether (sulfide) groups is 2. The summed E-state index contributed by atoms with van der Waals surface area (Å²) in [6.45, 7) is 2.29. The summed E-state index contributed by atoms with van der Waals surface area (Å²) < 4.78 is 0. The lowest BCUT2D eigenvalue weighted by atomic mass is 10.0. The molecule has 0 aromatic carbocycles. The van der Waals surface area contributed by atoms with E-state index in [1.54, 1.807) is 11.3 Å². The largest absolute Gasteiger partial charge is 0.326 e. The van der Waals surface area contributed by atoms with Crippen LogP contribution >= 0.6 is 34.9 Å². The molecule has 3 atom stereocenters. The van der Waals surface area contributed by atoms with Crippen molar-refractivity contribution in [1.82, 2.24) is 0 Å². The second-order valence-electron chi connectivity index (χ2n) is 4.15. The van der Waals surface area contributed by atoms with Gasteiger partial charge in [0.25, 0.3) is 0 Å². The Morgan fingerprint density at radius 2 is 2.25 bits per heavy atom. The van der Waals surface area contributed by atoms with E-state index >= 15 is 0 Å². The molecule has 1 aromatic rings. The molecule has 1 aliphatic heterocycles. The lowest BCUT2D eigenvalue weighted by Crippen LogP contribution is -2.43. The standard InChI is InChI=1S/C12H19NS3/c1-2-11-12(16-6-5-15-11)10(13)7-9-3-4-14-8-9/h3-4,8,10-12H,2,5-7,13H2,1H3. The van der Waals surface area contributed by atoms with Crippen LogP contribution in [0.5, 0.6) is 0 Å². The Balaban J connectivity index is 1.94. The fourth-order valence-corrected chi connectivity index (χ4v) is 6.01. The summed E-state index contributed by atoms with van der Waals surface area (Å²) in [5, 5.41) is 5.76. The highest BCUT2D eigenvalue weighted by Crippen LogP contribution is 2.35. The van der Waals surface area contributed by atoms with Gasteiger partial charge in [-0.1, -0.05) is 6.92 Å². The molecule has 0 saturated carbocycles. The predicted molar refractivity (Wildman–Crippen MR) is 78.8 cm³/mol. The van der Waals surface area contributed by atoms with Crippen molar-refractivity contribution in [3.63, 3.8) is 0 Å². The van der Waals surface area contributed by atoms with E-state index in [2.05, 4.69) is 47.3 Å². The van der Waals surface area contributed by atoms with Gasteiger partial charge in [-0.05, 0) is 35.2 Å². The Morgan fingerprint density at radius 1 is 1.44 bits per heavy atom. The molecular formula is C12H19NS3. The van der Waals surface area contributed by atoms with Gasteiger partial charge < -0.3 is 5.73 Å². The predicted octanol–water partition coefficient (Wildman–Crippen LogP) is 3.25. The van der Waals surface area contributed by atoms with E-state index in [9.17, 15) is 0 Å². The van der Waals surface area contributed by atoms with Crippen LogP contribution in [0, 0.1) is 0 Å². The first-order valence-electron chi connectivity index (χ1n) is 5.81. The van der Waals surface area contributed by atoms with Gasteiger partial charge in [0.15, 0.2) is 0 Å². The van der Waals surface area contributed by atoms with E-state index in [0.29, 0.717) is 11.3 Å². The van der Waals surface area contributed by atoms with Crippen LogP contribution in [0.3, 0.4) is 0 Å². The molecular weight excluding hydrogens is 254 g/mol. The Morgan fingerprint density at radius 3 is 2.94 bits per heavy atom. The monoisotopic (exact) mass is 273 g/mol. The average molecular weight is 273 g/mol. The Bertz CT molecular complexity index is 299. The first-order chi connectivity index (χ1) is 7.81. The molecule has 3 unspecified atom stereocenters. The van der Waals surface area contributed by atoms with Crippen molar-refractivity contribution in [3.05, 3.63) is 22.4 Å². The van der Waals surface area contributed by atoms with Crippen LogP contribution in [-0.2, 0) is 6.42 Å². The first-order valence-corrected chi connectivity index (χ1v) is 8.85. The topological polar surface area (TPSA) is 26.0 Å². The third-order valence-electron chi connectivity index (χ3n) is 2.97. The van der Waals surface area contributed by atoms with E-state index < -0.39 is 0 Å². The summed E-state index contributed by atoms with van der Waals surface area (Å²) in [6, 6.07) is 2.52. The molecule has 4 heteroatoms. The molecule has 1 saturated heterocycles. The summed E-state index contributed by atoms with van der Waals surface area (Å²) in [5.74, 6) is 2.56. The van der Waals surface area contributed by atoms with Gasteiger partial charge in [0.1, 0.15) is 0 Å². The Hall–Kier alpha value is 0.360. The van der Waals surface area contributed by atoms with Gasteiger partial charge in [0.2, 0.25) is 0 Å². The van der Waals surface area contributed by atoms with Crippen LogP contribution in [0.25, 0.3) is 0 Å². The van der Waals surface area contributed by atoms with Gasteiger partial charge in [-0.25, -0.2) is 0 Å². The van der Waals surface area contributed by atoms with Crippen LogP contribution in [0.2, 0.25) is 0 Å². The fraction of sp³-hybridized carbons (Fsp3) is 0.667. The van der Waals surface area contributed by atoms with Gasteiger partial charge in [0.05, 0.1) is 0 Å². The molecule has 1 aromatic heterocycles. The number of hydrogen-bond acceptors (Lipinski definition) is 4. The van der Waals surface area contributed by atoms with Gasteiger partial charge in [0, 0.05) is 28.0 Å². The van der Waals surface area contributed by atoms with Crippen molar-refractivity contribution < 1.29 is 0 Å². The molecule has 90 valence electrons. The normalized spacial score (nSPS) is 27.9. The fourth-order valence-electron chi connectivity index (χ4n) is 2.13. The lowest BCUT2D eigenvalue weighted by Gasteiger charge is -2.34. The zero-order valence-electron chi connectivity index (χ0n) is 9.59. The van der Waals surface area contributed by atoms with E-state index in [1.165, 1.54) is 23.5 Å². The third-order valence-corrected chi connectivity index (χ3v) is 7.13. The maximum Gasteiger partial charge on any atom is 0.0321 e. The number of hydrogen-bond donors (Lipinski definition) is 1.